The molecule has 0 heterocycles. The van der Waals surface area contributed by atoms with Crippen LogP contribution in [-0.4, -0.2) is 0 Å². The third kappa shape index (κ3) is 6.21. The lowest BCUT2D eigenvalue weighted by Crippen LogP contribution is -2.15. The van der Waals surface area contributed by atoms with Gasteiger partial charge in [0, 0.05) is 27.6 Å². The Morgan fingerprint density at radius 2 is 0.692 bits per heavy atom. The molecule has 0 saturated heterocycles. The minimum Gasteiger partial charge on any atom is -0.310 e. The summed E-state index contributed by atoms with van der Waals surface area (Å²) in [6, 6.07) is 83.5. The quantitative estimate of drug-likeness (QED) is 0.155. The van der Waals surface area contributed by atoms with Gasteiger partial charge in [-0.15, -0.1) is 0 Å². The van der Waals surface area contributed by atoms with Crippen LogP contribution in [0.5, 0.6) is 0 Å². The maximum absolute atomic E-state index is 2.47. The number of nitrogens with zero attached hydrogens (tertiary/aromatic N) is 1. The molecule has 0 atom stereocenters. The lowest BCUT2D eigenvalue weighted by molar-refractivity contribution is 0.660. The zero-order valence-electron chi connectivity index (χ0n) is 37.3. The highest BCUT2D eigenvalue weighted by molar-refractivity contribution is 6.01. The summed E-state index contributed by atoms with van der Waals surface area (Å²) in [4.78, 5) is 2.47. The molecule has 0 aliphatic heterocycles. The van der Waals surface area contributed by atoms with Crippen LogP contribution >= 0.6 is 0 Å². The van der Waals surface area contributed by atoms with E-state index in [4.69, 9.17) is 0 Å². The van der Waals surface area contributed by atoms with E-state index < -0.39 is 0 Å². The van der Waals surface area contributed by atoms with Crippen molar-refractivity contribution in [2.24, 2.45) is 0 Å². The molecular formula is C64H49N. The van der Waals surface area contributed by atoms with Crippen LogP contribution < -0.4 is 4.90 Å². The summed E-state index contributed by atoms with van der Waals surface area (Å²) in [5.74, 6) is 0. The van der Waals surface area contributed by atoms with Crippen molar-refractivity contribution in [3.63, 3.8) is 0 Å². The van der Waals surface area contributed by atoms with Crippen LogP contribution in [0.25, 0.3) is 77.5 Å². The van der Waals surface area contributed by atoms with E-state index in [9.17, 15) is 0 Å². The fourth-order valence-electron chi connectivity index (χ4n) is 11.1. The van der Waals surface area contributed by atoms with Crippen molar-refractivity contribution >= 4 is 27.8 Å². The van der Waals surface area contributed by atoms with Crippen LogP contribution in [0.15, 0.2) is 224 Å². The Morgan fingerprint density at radius 3 is 1.22 bits per heavy atom. The highest BCUT2D eigenvalue weighted by Crippen LogP contribution is 2.53. The Hall–Kier alpha value is -7.74. The summed E-state index contributed by atoms with van der Waals surface area (Å²) in [6.45, 7) is 9.46. The first kappa shape index (κ1) is 38.9. The summed E-state index contributed by atoms with van der Waals surface area (Å²) in [5.41, 5.74) is 23.7. The van der Waals surface area contributed by atoms with Crippen molar-refractivity contribution in [1.29, 1.82) is 0 Å². The van der Waals surface area contributed by atoms with Gasteiger partial charge in [0.25, 0.3) is 0 Å². The summed E-state index contributed by atoms with van der Waals surface area (Å²) in [5, 5.41) is 2.41. The van der Waals surface area contributed by atoms with Gasteiger partial charge in [-0.25, -0.2) is 0 Å². The van der Waals surface area contributed by atoms with Crippen LogP contribution in [-0.2, 0) is 10.8 Å². The molecule has 0 spiro atoms. The number of anilines is 3. The van der Waals surface area contributed by atoms with Crippen LogP contribution in [0.4, 0.5) is 17.1 Å². The second kappa shape index (κ2) is 14.9. The average Bonchev–Trinajstić information content (AvgIpc) is 3.73. The fraction of sp³-hybridized carbons (Fsp3) is 0.0938. The van der Waals surface area contributed by atoms with E-state index in [2.05, 4.69) is 257 Å². The fourth-order valence-corrected chi connectivity index (χ4v) is 11.1. The Bertz CT molecular complexity index is 3280. The SMILES string of the molecule is CC1(C)c2ccccc2-c2ccc(-c3ccc(N(c4ccc(-c5ccc6c(c5)C(C)(C)c5ccccc5-6)c(-c5ccccc5)c4)c4cccc5ccccc45)cc3-c3ccccc3)cc21. The molecule has 2 aliphatic carbocycles. The molecule has 0 aromatic heterocycles. The van der Waals surface area contributed by atoms with Crippen LogP contribution in [0, 0.1) is 0 Å². The largest absolute Gasteiger partial charge is 0.310 e. The van der Waals surface area contributed by atoms with Crippen LogP contribution in [0.3, 0.4) is 0 Å². The first-order chi connectivity index (χ1) is 31.8. The van der Waals surface area contributed by atoms with E-state index in [0.29, 0.717) is 0 Å². The molecule has 310 valence electrons. The number of fused-ring (bicyclic) bond motifs is 7. The smallest absolute Gasteiger partial charge is 0.0540 e. The molecule has 12 rings (SSSR count). The zero-order chi connectivity index (χ0) is 43.9. The highest BCUT2D eigenvalue weighted by Gasteiger charge is 2.37. The van der Waals surface area contributed by atoms with Crippen molar-refractivity contribution in [2.45, 2.75) is 38.5 Å². The predicted octanol–water partition coefficient (Wildman–Crippen LogP) is 17.6. The van der Waals surface area contributed by atoms with Crippen molar-refractivity contribution in [1.82, 2.24) is 0 Å². The van der Waals surface area contributed by atoms with Gasteiger partial charge in [0.1, 0.15) is 0 Å². The van der Waals surface area contributed by atoms with Gasteiger partial charge in [-0.2, -0.15) is 0 Å². The van der Waals surface area contributed by atoms with Gasteiger partial charge in [0.05, 0.1) is 5.69 Å². The van der Waals surface area contributed by atoms with E-state index in [1.807, 2.05) is 0 Å². The van der Waals surface area contributed by atoms with Crippen molar-refractivity contribution < 1.29 is 0 Å². The summed E-state index contributed by atoms with van der Waals surface area (Å²) >= 11 is 0. The van der Waals surface area contributed by atoms with Crippen molar-refractivity contribution in [2.75, 3.05) is 4.90 Å². The molecule has 0 saturated carbocycles. The number of hydrogen-bond acceptors (Lipinski definition) is 1. The average molecular weight is 832 g/mol. The lowest BCUT2D eigenvalue weighted by atomic mass is 9.81. The van der Waals surface area contributed by atoms with Gasteiger partial charge < -0.3 is 4.90 Å². The summed E-state index contributed by atoms with van der Waals surface area (Å²) < 4.78 is 0. The Labute approximate surface area is 383 Å². The summed E-state index contributed by atoms with van der Waals surface area (Å²) in [6.07, 6.45) is 0. The molecule has 0 radical (unpaired) electrons. The van der Waals surface area contributed by atoms with Crippen LogP contribution in [0.1, 0.15) is 49.9 Å². The van der Waals surface area contributed by atoms with Gasteiger partial charge in [-0.05, 0) is 137 Å². The second-order valence-corrected chi connectivity index (χ2v) is 18.9. The Kier molecular flexibility index (Phi) is 8.94. The maximum atomic E-state index is 2.47. The van der Waals surface area contributed by atoms with Gasteiger partial charge in [0.2, 0.25) is 0 Å². The third-order valence-corrected chi connectivity index (χ3v) is 14.5. The Balaban J connectivity index is 1.06. The number of hydrogen-bond donors (Lipinski definition) is 0. The standard InChI is InChI=1S/C64H49N/c1-63(2)58-27-15-13-25-52(58)54-34-30-45(38-60(54)63)49-36-32-47(40-56(49)43-18-7-5-8-19-43)65(62-29-17-23-42-22-11-12-24-51(42)62)48-33-37-50(57(41-48)44-20-9-6-10-21-44)46-31-35-55-53-26-14-16-28-59(53)64(3,4)61(55)39-46/h5-41H,1-4H3. The van der Waals surface area contributed by atoms with E-state index in [-0.39, 0.29) is 10.8 Å². The molecule has 10 aromatic rings. The zero-order valence-corrected chi connectivity index (χ0v) is 37.3. The number of benzene rings is 10. The first-order valence-corrected chi connectivity index (χ1v) is 22.9. The van der Waals surface area contributed by atoms with Gasteiger partial charge in [-0.3, -0.25) is 0 Å². The highest BCUT2D eigenvalue weighted by atomic mass is 15.1. The minimum absolute atomic E-state index is 0.0937. The Morgan fingerprint density at radius 1 is 0.277 bits per heavy atom. The molecule has 1 nitrogen and oxygen atoms in total. The molecular weight excluding hydrogens is 783 g/mol. The van der Waals surface area contributed by atoms with E-state index in [1.54, 1.807) is 0 Å². The van der Waals surface area contributed by atoms with Gasteiger partial charge in [-0.1, -0.05) is 210 Å². The molecule has 10 aromatic carbocycles. The molecule has 1 heteroatoms. The molecule has 0 bridgehead atoms. The monoisotopic (exact) mass is 831 g/mol. The minimum atomic E-state index is -0.0937. The van der Waals surface area contributed by atoms with Crippen molar-refractivity contribution in [3.05, 3.63) is 247 Å². The lowest BCUT2D eigenvalue weighted by Gasteiger charge is -2.29. The van der Waals surface area contributed by atoms with E-state index in [0.717, 1.165) is 17.1 Å². The molecule has 2 aliphatic rings. The molecule has 0 amide bonds. The first-order valence-electron chi connectivity index (χ1n) is 22.9. The normalized spacial score (nSPS) is 13.8. The van der Waals surface area contributed by atoms with Gasteiger partial charge >= 0.3 is 0 Å². The molecule has 0 fully saturated rings. The molecule has 0 unspecified atom stereocenters. The van der Waals surface area contributed by atoms with Gasteiger partial charge in [0.15, 0.2) is 0 Å². The third-order valence-electron chi connectivity index (χ3n) is 14.5. The second-order valence-electron chi connectivity index (χ2n) is 18.9. The summed E-state index contributed by atoms with van der Waals surface area (Å²) in [7, 11) is 0. The molecule has 0 N–H and O–H groups in total. The molecule has 65 heavy (non-hydrogen) atoms. The topological polar surface area (TPSA) is 3.24 Å². The van der Waals surface area contributed by atoms with E-state index >= 15 is 0 Å². The maximum Gasteiger partial charge on any atom is 0.0540 e. The van der Waals surface area contributed by atoms with E-state index in [1.165, 1.54) is 99.8 Å². The van der Waals surface area contributed by atoms with Crippen LogP contribution in [0.2, 0.25) is 0 Å². The number of rotatable bonds is 7. The predicted molar refractivity (Wildman–Crippen MR) is 276 cm³/mol. The van der Waals surface area contributed by atoms with Crippen molar-refractivity contribution in [3.8, 4) is 66.8 Å².